The van der Waals surface area contributed by atoms with E-state index >= 15 is 4.39 Å². The topological polar surface area (TPSA) is 120 Å². The van der Waals surface area contributed by atoms with Crippen LogP contribution in [0.4, 0.5) is 34.6 Å². The van der Waals surface area contributed by atoms with Gasteiger partial charge < -0.3 is 30.5 Å². The number of nitrogens with zero attached hydrogens (tertiary/aromatic N) is 4. The van der Waals surface area contributed by atoms with Gasteiger partial charge in [0.2, 0.25) is 5.91 Å². The molecular formula is C32H37F4N7O4S. The molecule has 2 aromatic heterocycles. The number of nitrogens with one attached hydrogen (secondary N) is 3. The Morgan fingerprint density at radius 1 is 1.19 bits per heavy atom. The van der Waals surface area contributed by atoms with Gasteiger partial charge in [0.25, 0.3) is 0 Å². The molecule has 16 heteroatoms. The highest BCUT2D eigenvalue weighted by atomic mass is 32.2. The number of aromatic nitrogens is 2. The third kappa shape index (κ3) is 8.13. The van der Waals surface area contributed by atoms with Crippen LogP contribution in [0.15, 0.2) is 48.0 Å². The van der Waals surface area contributed by atoms with Crippen molar-refractivity contribution >= 4 is 38.5 Å². The summed E-state index contributed by atoms with van der Waals surface area (Å²) in [5, 5.41) is 9.47. The number of halogens is 4. The number of ether oxygens (including phenoxy) is 1. The lowest BCUT2D eigenvalue weighted by atomic mass is 10.0. The number of alkyl halides is 4. The van der Waals surface area contributed by atoms with Gasteiger partial charge in [-0.15, -0.1) is 0 Å². The average molecular weight is 692 g/mol. The number of anilines is 3. The molecule has 48 heavy (non-hydrogen) atoms. The summed E-state index contributed by atoms with van der Waals surface area (Å²) in [4.78, 5) is 19.9. The number of rotatable bonds is 10. The predicted octanol–water partition coefficient (Wildman–Crippen LogP) is 3.58. The van der Waals surface area contributed by atoms with Gasteiger partial charge in [-0.3, -0.25) is 9.20 Å². The summed E-state index contributed by atoms with van der Waals surface area (Å²) in [5.74, 6) is 5.60. The number of hydrogen-bond donors (Lipinski definition) is 3. The standard InChI is InChI=1S/C32H37F4N7O4S/c1-5-30(44)42-16-21(17-42)38-20-13-27(39-24-10-12-41(2)19-23(24)33)31-40-25(28(43(31)18-20)15-32(34,35)36)7-6-11-37-26-9-8-22(48(4,45)46)14-29(26)47-3/h5,8-9,13-14,18,21,23-24,37-39H,1,10-12,15-17,19H2,2-4H3/t23-,24+/m0/s1. The normalized spacial score (nSPS) is 18.9. The van der Waals surface area contributed by atoms with Crippen LogP contribution in [0.1, 0.15) is 17.8 Å². The number of hydrogen-bond acceptors (Lipinski definition) is 9. The van der Waals surface area contributed by atoms with E-state index in [1.807, 2.05) is 11.9 Å². The molecule has 2 aliphatic rings. The molecule has 0 spiro atoms. The molecule has 2 saturated heterocycles. The van der Waals surface area contributed by atoms with E-state index in [1.165, 1.54) is 42.0 Å². The second-order valence-corrected chi connectivity index (χ2v) is 13.9. The quantitative estimate of drug-likeness (QED) is 0.167. The van der Waals surface area contributed by atoms with Crippen LogP contribution in [0.3, 0.4) is 0 Å². The SMILES string of the molecule is C=CC(=O)N1CC(Nc2cc(N[C@@H]3CCN(C)C[C@@H]3F)c3nc(C#CCNc4ccc(S(C)(=O)=O)cc4OC)c(CC(F)(F)F)n3c2)C1. The molecule has 11 nitrogen and oxygen atoms in total. The first-order valence-corrected chi connectivity index (χ1v) is 17.0. The Hall–Kier alpha value is -4.49. The monoisotopic (exact) mass is 691 g/mol. The van der Waals surface area contributed by atoms with Gasteiger partial charge in [0.1, 0.15) is 17.6 Å². The van der Waals surface area contributed by atoms with E-state index in [-0.39, 0.29) is 52.7 Å². The minimum Gasteiger partial charge on any atom is -0.495 e. The zero-order valence-corrected chi connectivity index (χ0v) is 27.5. The second-order valence-electron chi connectivity index (χ2n) is 11.9. The summed E-state index contributed by atoms with van der Waals surface area (Å²) in [7, 11) is -0.267. The summed E-state index contributed by atoms with van der Waals surface area (Å²) in [6, 6.07) is 5.23. The molecule has 0 aliphatic carbocycles. The van der Waals surface area contributed by atoms with Gasteiger partial charge in [-0.2, -0.15) is 13.2 Å². The number of piperidine rings is 1. The molecule has 3 N–H and O–H groups in total. The molecule has 5 rings (SSSR count). The van der Waals surface area contributed by atoms with Gasteiger partial charge in [-0.05, 0) is 43.7 Å². The summed E-state index contributed by atoms with van der Waals surface area (Å²) in [6.07, 6.45) is -2.85. The van der Waals surface area contributed by atoms with E-state index in [0.29, 0.717) is 43.1 Å². The van der Waals surface area contributed by atoms with Gasteiger partial charge >= 0.3 is 6.18 Å². The summed E-state index contributed by atoms with van der Waals surface area (Å²) >= 11 is 0. The number of fused-ring (bicyclic) bond motifs is 1. The lowest BCUT2D eigenvalue weighted by molar-refractivity contribution is -0.130. The van der Waals surface area contributed by atoms with Crippen molar-refractivity contribution in [1.82, 2.24) is 19.2 Å². The predicted molar refractivity (Wildman–Crippen MR) is 175 cm³/mol. The first kappa shape index (κ1) is 34.8. The van der Waals surface area contributed by atoms with Crippen LogP contribution in [0.5, 0.6) is 5.75 Å². The summed E-state index contributed by atoms with van der Waals surface area (Å²) in [5.41, 5.74) is 1.13. The van der Waals surface area contributed by atoms with Crippen molar-refractivity contribution in [3.8, 4) is 17.6 Å². The molecule has 1 amide bonds. The maximum Gasteiger partial charge on any atom is 0.394 e. The minimum absolute atomic E-state index is 0.0213. The number of sulfone groups is 1. The van der Waals surface area contributed by atoms with Crippen LogP contribution in [-0.4, -0.2) is 111 Å². The third-order valence-electron chi connectivity index (χ3n) is 8.19. The fraction of sp³-hybridized carbons (Fsp3) is 0.438. The van der Waals surface area contributed by atoms with E-state index in [4.69, 9.17) is 4.74 Å². The van der Waals surface area contributed by atoms with Crippen LogP contribution < -0.4 is 20.7 Å². The van der Waals surface area contributed by atoms with E-state index in [2.05, 4.69) is 39.4 Å². The smallest absolute Gasteiger partial charge is 0.394 e. The van der Waals surface area contributed by atoms with Crippen molar-refractivity contribution in [2.24, 2.45) is 0 Å². The van der Waals surface area contributed by atoms with Crippen LogP contribution in [-0.2, 0) is 21.1 Å². The molecule has 0 bridgehead atoms. The maximum absolute atomic E-state index is 15.1. The zero-order chi connectivity index (χ0) is 34.8. The molecule has 1 aromatic carbocycles. The number of pyridine rings is 1. The van der Waals surface area contributed by atoms with Gasteiger partial charge in [0.15, 0.2) is 15.5 Å². The largest absolute Gasteiger partial charge is 0.495 e. The van der Waals surface area contributed by atoms with Gasteiger partial charge in [-0.25, -0.2) is 17.8 Å². The van der Waals surface area contributed by atoms with Gasteiger partial charge in [0, 0.05) is 44.7 Å². The number of imidazole rings is 1. The first-order chi connectivity index (χ1) is 22.6. The number of likely N-dealkylation sites (tertiary alicyclic amines) is 2. The van der Waals surface area contributed by atoms with E-state index in [1.54, 1.807) is 11.0 Å². The van der Waals surface area contributed by atoms with Gasteiger partial charge in [-0.1, -0.05) is 12.5 Å². The Balaban J connectivity index is 1.48. The average Bonchev–Trinajstić information content (AvgIpc) is 3.33. The maximum atomic E-state index is 15.1. The molecule has 0 radical (unpaired) electrons. The van der Waals surface area contributed by atoms with Crippen molar-refractivity contribution in [2.45, 2.75) is 42.2 Å². The Morgan fingerprint density at radius 2 is 1.94 bits per heavy atom. The molecule has 0 saturated carbocycles. The second kappa shape index (κ2) is 13.9. The van der Waals surface area contributed by atoms with Crippen molar-refractivity contribution in [2.75, 3.05) is 69.1 Å². The number of benzene rings is 1. The molecule has 0 unspecified atom stereocenters. The van der Waals surface area contributed by atoms with Crippen LogP contribution >= 0.6 is 0 Å². The molecule has 2 aliphatic heterocycles. The third-order valence-corrected chi connectivity index (χ3v) is 9.30. The molecular weight excluding hydrogens is 654 g/mol. The Labute approximate surface area is 276 Å². The van der Waals surface area contributed by atoms with Gasteiger partial charge in [0.05, 0.1) is 59.8 Å². The Morgan fingerprint density at radius 3 is 2.58 bits per heavy atom. The van der Waals surface area contributed by atoms with E-state index in [9.17, 15) is 26.4 Å². The number of amides is 1. The van der Waals surface area contributed by atoms with Crippen LogP contribution in [0.2, 0.25) is 0 Å². The number of carbonyl (C=O) groups is 1. The van der Waals surface area contributed by atoms with Crippen molar-refractivity contribution in [3.63, 3.8) is 0 Å². The fourth-order valence-electron chi connectivity index (χ4n) is 5.68. The zero-order valence-electron chi connectivity index (χ0n) is 26.7. The van der Waals surface area contributed by atoms with E-state index < -0.39 is 34.6 Å². The Bertz CT molecular complexity index is 1860. The summed E-state index contributed by atoms with van der Waals surface area (Å²) < 4.78 is 87.3. The number of carbonyl (C=O) groups excluding carboxylic acids is 1. The van der Waals surface area contributed by atoms with Crippen molar-refractivity contribution in [1.29, 1.82) is 0 Å². The van der Waals surface area contributed by atoms with E-state index in [0.717, 1.165) is 6.26 Å². The minimum atomic E-state index is -4.59. The van der Waals surface area contributed by atoms with Crippen LogP contribution in [0, 0.1) is 11.8 Å². The van der Waals surface area contributed by atoms with Crippen LogP contribution in [0.25, 0.3) is 5.65 Å². The Kier molecular flexibility index (Phi) is 10.1. The highest BCUT2D eigenvalue weighted by Gasteiger charge is 2.34. The lowest BCUT2D eigenvalue weighted by Gasteiger charge is -2.39. The highest BCUT2D eigenvalue weighted by Crippen LogP contribution is 2.32. The molecule has 2 fully saturated rings. The number of methoxy groups -OCH3 is 1. The lowest BCUT2D eigenvalue weighted by Crippen LogP contribution is -2.56. The fourth-order valence-corrected chi connectivity index (χ4v) is 6.32. The van der Waals surface area contributed by atoms with Crippen molar-refractivity contribution in [3.05, 3.63) is 54.5 Å². The first-order valence-electron chi connectivity index (χ1n) is 15.1. The van der Waals surface area contributed by atoms with Crippen molar-refractivity contribution < 1.29 is 35.5 Å². The highest BCUT2D eigenvalue weighted by molar-refractivity contribution is 7.90. The molecule has 2 atom stereocenters. The molecule has 258 valence electrons. The molecule has 3 aromatic rings. The molecule has 4 heterocycles. The summed E-state index contributed by atoms with van der Waals surface area (Å²) in [6.45, 7) is 5.09.